The molecule has 0 bridgehead atoms. The highest BCUT2D eigenvalue weighted by Crippen LogP contribution is 2.39. The standard InChI is InChI=1S/C21H19NO3S2/c1-12-4-7-16(10-13(12)2)14(3)19-20(25)22(21(26)27-19)17-8-5-15(6-9-17)11-18(23)24/h4-10H,11H2,1-3H3,(H,23,24)/b19-14-. The smallest absolute Gasteiger partial charge is 0.307 e. The fourth-order valence-electron chi connectivity index (χ4n) is 2.86. The van der Waals surface area contributed by atoms with Crippen LogP contribution in [0.1, 0.15) is 29.2 Å². The zero-order valence-electron chi connectivity index (χ0n) is 15.3. The number of carbonyl (C=O) groups is 2. The number of aliphatic carboxylic acids is 1. The Bertz CT molecular complexity index is 977. The Hall–Kier alpha value is -2.44. The van der Waals surface area contributed by atoms with Crippen molar-refractivity contribution in [1.82, 2.24) is 0 Å². The van der Waals surface area contributed by atoms with Crippen LogP contribution in [0.15, 0.2) is 47.4 Å². The summed E-state index contributed by atoms with van der Waals surface area (Å²) in [6.07, 6.45) is -0.0511. The second-order valence-electron chi connectivity index (χ2n) is 6.50. The van der Waals surface area contributed by atoms with Gasteiger partial charge < -0.3 is 5.11 Å². The molecule has 1 aliphatic heterocycles. The number of amides is 1. The Morgan fingerprint density at radius 1 is 1.11 bits per heavy atom. The van der Waals surface area contributed by atoms with Gasteiger partial charge in [0.1, 0.15) is 0 Å². The van der Waals surface area contributed by atoms with Gasteiger partial charge in [0.2, 0.25) is 0 Å². The third kappa shape index (κ3) is 3.96. The summed E-state index contributed by atoms with van der Waals surface area (Å²) in [6.45, 7) is 6.05. The van der Waals surface area contributed by atoms with Gasteiger partial charge in [-0.2, -0.15) is 0 Å². The Morgan fingerprint density at radius 2 is 1.78 bits per heavy atom. The van der Waals surface area contributed by atoms with Crippen LogP contribution in [0, 0.1) is 13.8 Å². The van der Waals surface area contributed by atoms with Gasteiger partial charge in [0, 0.05) is 0 Å². The Labute approximate surface area is 167 Å². The predicted octanol–water partition coefficient (Wildman–Crippen LogP) is 4.73. The number of carbonyl (C=O) groups excluding carboxylic acids is 1. The average Bonchev–Trinajstić information content (AvgIpc) is 2.91. The molecule has 0 aromatic heterocycles. The molecule has 0 atom stereocenters. The van der Waals surface area contributed by atoms with Crippen molar-refractivity contribution in [1.29, 1.82) is 0 Å². The lowest BCUT2D eigenvalue weighted by Gasteiger charge is -2.15. The maximum Gasteiger partial charge on any atom is 0.307 e. The molecule has 4 nitrogen and oxygen atoms in total. The molecular weight excluding hydrogens is 378 g/mol. The lowest BCUT2D eigenvalue weighted by Crippen LogP contribution is -2.27. The van der Waals surface area contributed by atoms with E-state index in [0.29, 0.717) is 20.5 Å². The van der Waals surface area contributed by atoms with Gasteiger partial charge >= 0.3 is 5.97 Å². The molecule has 0 saturated carbocycles. The first kappa shape index (κ1) is 19.3. The van der Waals surface area contributed by atoms with Crippen molar-refractivity contribution in [3.05, 3.63) is 69.6 Å². The minimum Gasteiger partial charge on any atom is -0.481 e. The lowest BCUT2D eigenvalue weighted by atomic mass is 10.0. The van der Waals surface area contributed by atoms with Crippen LogP contribution >= 0.6 is 24.0 Å². The molecular formula is C21H19NO3S2. The Balaban J connectivity index is 1.92. The van der Waals surface area contributed by atoms with Crippen LogP contribution < -0.4 is 4.90 Å². The molecule has 27 heavy (non-hydrogen) atoms. The van der Waals surface area contributed by atoms with Crippen molar-refractivity contribution in [2.45, 2.75) is 27.2 Å². The SMILES string of the molecule is C/C(=C1/SC(=S)N(c2ccc(CC(=O)O)cc2)C1=O)c1ccc(C)c(C)c1. The number of carboxylic acid groups (broad SMARTS) is 1. The fraction of sp³-hybridized carbons (Fsp3) is 0.190. The first-order valence-corrected chi connectivity index (χ1v) is 9.66. The van der Waals surface area contributed by atoms with Crippen molar-refractivity contribution < 1.29 is 14.7 Å². The zero-order valence-corrected chi connectivity index (χ0v) is 16.9. The first-order chi connectivity index (χ1) is 12.8. The molecule has 1 saturated heterocycles. The molecule has 0 aliphatic carbocycles. The number of nitrogens with zero attached hydrogens (tertiary/aromatic N) is 1. The van der Waals surface area contributed by atoms with Crippen LogP contribution in [0.3, 0.4) is 0 Å². The summed E-state index contributed by atoms with van der Waals surface area (Å²) in [4.78, 5) is 26.0. The predicted molar refractivity (Wildman–Crippen MR) is 114 cm³/mol. The fourth-order valence-corrected chi connectivity index (χ4v) is 4.21. The maximum atomic E-state index is 13.0. The second-order valence-corrected chi connectivity index (χ2v) is 8.14. The Kier molecular flexibility index (Phi) is 5.48. The summed E-state index contributed by atoms with van der Waals surface area (Å²) in [7, 11) is 0. The molecule has 2 aromatic carbocycles. The minimum atomic E-state index is -0.889. The van der Waals surface area contributed by atoms with E-state index in [9.17, 15) is 9.59 Å². The molecule has 6 heteroatoms. The lowest BCUT2D eigenvalue weighted by molar-refractivity contribution is -0.136. The number of hydrogen-bond donors (Lipinski definition) is 1. The largest absolute Gasteiger partial charge is 0.481 e. The van der Waals surface area contributed by atoms with E-state index < -0.39 is 5.97 Å². The molecule has 0 unspecified atom stereocenters. The molecule has 0 radical (unpaired) electrons. The van der Waals surface area contributed by atoms with Crippen LogP contribution in [-0.2, 0) is 16.0 Å². The number of benzene rings is 2. The summed E-state index contributed by atoms with van der Waals surface area (Å²) in [5.74, 6) is -1.04. The highest BCUT2D eigenvalue weighted by atomic mass is 32.2. The van der Waals surface area contributed by atoms with Gasteiger partial charge in [-0.15, -0.1) is 0 Å². The Morgan fingerprint density at radius 3 is 2.37 bits per heavy atom. The third-order valence-electron chi connectivity index (χ3n) is 4.60. The summed E-state index contributed by atoms with van der Waals surface area (Å²) >= 11 is 6.73. The number of anilines is 1. The number of aryl methyl sites for hydroxylation is 2. The second kappa shape index (κ2) is 7.66. The molecule has 1 heterocycles. The van der Waals surface area contributed by atoms with Gasteiger partial charge in [0.05, 0.1) is 17.0 Å². The van der Waals surface area contributed by atoms with Crippen LogP contribution in [-0.4, -0.2) is 21.3 Å². The molecule has 2 aromatic rings. The van der Waals surface area contributed by atoms with E-state index in [1.807, 2.05) is 13.0 Å². The van der Waals surface area contributed by atoms with Crippen molar-refractivity contribution in [2.24, 2.45) is 0 Å². The van der Waals surface area contributed by atoms with Gasteiger partial charge in [0.15, 0.2) is 4.32 Å². The summed E-state index contributed by atoms with van der Waals surface area (Å²) in [6, 6.07) is 13.0. The van der Waals surface area contributed by atoms with E-state index in [2.05, 4.69) is 26.0 Å². The molecule has 1 amide bonds. The summed E-state index contributed by atoms with van der Waals surface area (Å²) in [5, 5.41) is 8.88. The van der Waals surface area contributed by atoms with E-state index in [-0.39, 0.29) is 12.3 Å². The number of carboxylic acids is 1. The van der Waals surface area contributed by atoms with Crippen LogP contribution in [0.4, 0.5) is 5.69 Å². The molecule has 138 valence electrons. The van der Waals surface area contributed by atoms with Gasteiger partial charge in [-0.05, 0) is 60.7 Å². The van der Waals surface area contributed by atoms with Gasteiger partial charge in [-0.3, -0.25) is 14.5 Å². The van der Waals surface area contributed by atoms with Gasteiger partial charge in [0.25, 0.3) is 5.91 Å². The van der Waals surface area contributed by atoms with E-state index in [4.69, 9.17) is 17.3 Å². The first-order valence-electron chi connectivity index (χ1n) is 8.43. The number of thiocarbonyl (C=S) groups is 1. The third-order valence-corrected chi connectivity index (χ3v) is 6.07. The van der Waals surface area contributed by atoms with Crippen molar-refractivity contribution in [3.8, 4) is 0 Å². The minimum absolute atomic E-state index is 0.0511. The van der Waals surface area contributed by atoms with Crippen LogP contribution in [0.5, 0.6) is 0 Å². The molecule has 3 rings (SSSR count). The number of allylic oxidation sites excluding steroid dienone is 1. The van der Waals surface area contributed by atoms with Crippen molar-refractivity contribution >= 4 is 51.4 Å². The van der Waals surface area contributed by atoms with E-state index in [1.54, 1.807) is 24.3 Å². The number of thioether (sulfide) groups is 1. The zero-order chi connectivity index (χ0) is 19.7. The number of hydrogen-bond acceptors (Lipinski definition) is 4. The average molecular weight is 398 g/mol. The van der Waals surface area contributed by atoms with Gasteiger partial charge in [-0.1, -0.05) is 54.3 Å². The number of rotatable bonds is 4. The highest BCUT2D eigenvalue weighted by Gasteiger charge is 2.34. The molecule has 1 N–H and O–H groups in total. The topological polar surface area (TPSA) is 57.6 Å². The normalized spacial score (nSPS) is 16.0. The highest BCUT2D eigenvalue weighted by molar-refractivity contribution is 8.27. The van der Waals surface area contributed by atoms with Gasteiger partial charge in [-0.25, -0.2) is 0 Å². The van der Waals surface area contributed by atoms with Crippen molar-refractivity contribution in [2.75, 3.05) is 4.90 Å². The van der Waals surface area contributed by atoms with Crippen molar-refractivity contribution in [3.63, 3.8) is 0 Å². The van der Waals surface area contributed by atoms with E-state index in [0.717, 1.165) is 11.1 Å². The van der Waals surface area contributed by atoms with Crippen LogP contribution in [0.25, 0.3) is 5.57 Å². The molecule has 1 fully saturated rings. The molecule has 0 spiro atoms. The quantitative estimate of drug-likeness (QED) is 0.597. The maximum absolute atomic E-state index is 13.0. The van der Waals surface area contributed by atoms with E-state index in [1.165, 1.54) is 27.8 Å². The monoisotopic (exact) mass is 397 g/mol. The molecule has 1 aliphatic rings. The summed E-state index contributed by atoms with van der Waals surface area (Å²) in [5.41, 5.74) is 5.63. The summed E-state index contributed by atoms with van der Waals surface area (Å²) < 4.78 is 0.476. The van der Waals surface area contributed by atoms with Crippen LogP contribution in [0.2, 0.25) is 0 Å². The van der Waals surface area contributed by atoms with E-state index >= 15 is 0 Å².